The molecule has 0 aromatic heterocycles. The van der Waals surface area contributed by atoms with Crippen molar-refractivity contribution in [1.29, 1.82) is 0 Å². The first-order valence-electron chi connectivity index (χ1n) is 5.27. The lowest BCUT2D eigenvalue weighted by atomic mass is 10.1. The van der Waals surface area contributed by atoms with Crippen LogP contribution < -0.4 is 10.1 Å². The molecule has 1 aromatic rings. The second kappa shape index (κ2) is 5.39. The minimum absolute atomic E-state index is 0.129. The van der Waals surface area contributed by atoms with E-state index in [4.69, 9.17) is 4.74 Å². The molecule has 98 valence electrons. The van der Waals surface area contributed by atoms with E-state index in [9.17, 15) is 14.7 Å². The van der Waals surface area contributed by atoms with E-state index < -0.39 is 0 Å². The summed E-state index contributed by atoms with van der Waals surface area (Å²) < 4.78 is 5.04. The van der Waals surface area contributed by atoms with Gasteiger partial charge in [-0.3, -0.25) is 4.79 Å². The third-order valence-electron chi connectivity index (χ3n) is 2.34. The molecule has 1 rings (SSSR count). The van der Waals surface area contributed by atoms with Crippen LogP contribution in [0.4, 0.5) is 10.5 Å². The summed E-state index contributed by atoms with van der Waals surface area (Å²) in [5.74, 6) is -0.189. The molecular formula is C12H16N2O4. The summed E-state index contributed by atoms with van der Waals surface area (Å²) in [6.07, 6.45) is 0. The average molecular weight is 252 g/mol. The lowest BCUT2D eigenvalue weighted by molar-refractivity contribution is 0.101. The van der Waals surface area contributed by atoms with Gasteiger partial charge < -0.3 is 20.1 Å². The maximum Gasteiger partial charge on any atom is 0.321 e. The van der Waals surface area contributed by atoms with Crippen molar-refractivity contribution in [3.8, 4) is 11.5 Å². The largest absolute Gasteiger partial charge is 0.507 e. The monoisotopic (exact) mass is 252 g/mol. The molecular weight excluding hydrogens is 236 g/mol. The number of ether oxygens (including phenoxy) is 1. The molecule has 0 aliphatic carbocycles. The van der Waals surface area contributed by atoms with Crippen LogP contribution in [0.5, 0.6) is 11.5 Å². The highest BCUT2D eigenvalue weighted by Gasteiger charge is 2.15. The average Bonchev–Trinajstić information content (AvgIpc) is 2.30. The number of rotatable bonds is 3. The van der Waals surface area contributed by atoms with Gasteiger partial charge in [-0.1, -0.05) is 0 Å². The fourth-order valence-corrected chi connectivity index (χ4v) is 1.34. The zero-order valence-electron chi connectivity index (χ0n) is 10.8. The van der Waals surface area contributed by atoms with Gasteiger partial charge in [0.2, 0.25) is 0 Å². The summed E-state index contributed by atoms with van der Waals surface area (Å²) in [7, 11) is 4.59. The number of carbonyl (C=O) groups excluding carboxylic acids is 2. The number of hydrogen-bond acceptors (Lipinski definition) is 4. The van der Waals surface area contributed by atoms with Crippen molar-refractivity contribution >= 4 is 17.5 Å². The van der Waals surface area contributed by atoms with Crippen LogP contribution in [0.3, 0.4) is 0 Å². The van der Waals surface area contributed by atoms with Crippen molar-refractivity contribution < 1.29 is 19.4 Å². The van der Waals surface area contributed by atoms with Gasteiger partial charge in [0.1, 0.15) is 11.5 Å². The first-order valence-corrected chi connectivity index (χ1v) is 5.27. The Labute approximate surface area is 105 Å². The molecule has 0 spiro atoms. The number of aromatic hydroxyl groups is 1. The zero-order valence-corrected chi connectivity index (χ0v) is 10.8. The molecule has 6 heteroatoms. The normalized spacial score (nSPS) is 9.78. The van der Waals surface area contributed by atoms with Crippen LogP contribution in [0.25, 0.3) is 0 Å². The molecule has 0 saturated heterocycles. The third-order valence-corrected chi connectivity index (χ3v) is 2.34. The molecule has 0 atom stereocenters. The molecule has 1 aromatic carbocycles. The zero-order chi connectivity index (χ0) is 13.9. The van der Waals surface area contributed by atoms with E-state index >= 15 is 0 Å². The van der Waals surface area contributed by atoms with E-state index in [1.54, 1.807) is 14.1 Å². The predicted octanol–water partition coefficient (Wildman–Crippen LogP) is 1.70. The van der Waals surface area contributed by atoms with Crippen LogP contribution in [0, 0.1) is 0 Å². The summed E-state index contributed by atoms with van der Waals surface area (Å²) >= 11 is 0. The molecule has 2 N–H and O–H groups in total. The van der Waals surface area contributed by atoms with Crippen LogP contribution in [-0.2, 0) is 0 Å². The van der Waals surface area contributed by atoms with E-state index in [-0.39, 0.29) is 28.9 Å². The summed E-state index contributed by atoms with van der Waals surface area (Å²) in [5.41, 5.74) is 0.462. The summed E-state index contributed by atoms with van der Waals surface area (Å²) in [6, 6.07) is 2.33. The molecule has 18 heavy (non-hydrogen) atoms. The van der Waals surface area contributed by atoms with E-state index in [1.165, 1.54) is 31.1 Å². The maximum atomic E-state index is 11.6. The first kappa shape index (κ1) is 13.8. The van der Waals surface area contributed by atoms with Crippen LogP contribution in [0.1, 0.15) is 17.3 Å². The van der Waals surface area contributed by atoms with E-state index in [2.05, 4.69) is 5.32 Å². The number of benzene rings is 1. The number of nitrogens with one attached hydrogen (secondary N) is 1. The minimum atomic E-state index is -0.353. The lowest BCUT2D eigenvalue weighted by Gasteiger charge is -2.15. The molecule has 0 unspecified atom stereocenters. The molecule has 0 saturated carbocycles. The van der Waals surface area contributed by atoms with Gasteiger partial charge >= 0.3 is 6.03 Å². The van der Waals surface area contributed by atoms with Gasteiger partial charge in [0, 0.05) is 20.2 Å². The number of amides is 2. The Bertz CT molecular complexity index is 483. The number of hydrogen-bond donors (Lipinski definition) is 2. The second-order valence-corrected chi connectivity index (χ2v) is 3.95. The Morgan fingerprint density at radius 1 is 1.33 bits per heavy atom. The molecule has 0 heterocycles. The number of urea groups is 1. The van der Waals surface area contributed by atoms with Crippen molar-refractivity contribution in [2.24, 2.45) is 0 Å². The number of carbonyl (C=O) groups is 2. The summed E-state index contributed by atoms with van der Waals surface area (Å²) in [4.78, 5) is 24.2. The third kappa shape index (κ3) is 2.91. The summed E-state index contributed by atoms with van der Waals surface area (Å²) in [6.45, 7) is 1.33. The van der Waals surface area contributed by atoms with Crippen LogP contribution in [0.15, 0.2) is 12.1 Å². The molecule has 0 aliphatic heterocycles. The molecule has 0 radical (unpaired) electrons. The van der Waals surface area contributed by atoms with Gasteiger partial charge in [-0.05, 0) is 13.0 Å². The number of methoxy groups -OCH3 is 1. The fourth-order valence-electron chi connectivity index (χ4n) is 1.34. The molecule has 2 amide bonds. The topological polar surface area (TPSA) is 78.9 Å². The standard InChI is InChI=1S/C12H16N2O4/c1-7(15)8-5-9(13-12(17)14(2)3)11(18-4)6-10(8)16/h5-6,16H,1-4H3,(H,13,17). The number of nitrogens with zero attached hydrogens (tertiary/aromatic N) is 1. The second-order valence-electron chi connectivity index (χ2n) is 3.95. The van der Waals surface area contributed by atoms with Gasteiger partial charge in [-0.15, -0.1) is 0 Å². The highest BCUT2D eigenvalue weighted by molar-refractivity contribution is 6.00. The highest BCUT2D eigenvalue weighted by Crippen LogP contribution is 2.32. The van der Waals surface area contributed by atoms with Crippen LogP contribution in [0.2, 0.25) is 0 Å². The minimum Gasteiger partial charge on any atom is -0.507 e. The van der Waals surface area contributed by atoms with Gasteiger partial charge in [0.15, 0.2) is 5.78 Å². The molecule has 0 bridgehead atoms. The smallest absolute Gasteiger partial charge is 0.321 e. The first-order chi connectivity index (χ1) is 8.36. The van der Waals surface area contributed by atoms with Crippen molar-refractivity contribution in [3.05, 3.63) is 17.7 Å². The van der Waals surface area contributed by atoms with Crippen molar-refractivity contribution in [1.82, 2.24) is 4.90 Å². The molecule has 0 fully saturated rings. The SMILES string of the molecule is COc1cc(O)c(C(C)=O)cc1NC(=O)N(C)C. The Morgan fingerprint density at radius 3 is 2.39 bits per heavy atom. The van der Waals surface area contributed by atoms with Crippen molar-refractivity contribution in [2.75, 3.05) is 26.5 Å². The van der Waals surface area contributed by atoms with Gasteiger partial charge in [0.25, 0.3) is 0 Å². The van der Waals surface area contributed by atoms with E-state index in [0.717, 1.165) is 0 Å². The molecule has 6 nitrogen and oxygen atoms in total. The van der Waals surface area contributed by atoms with E-state index in [1.807, 2.05) is 0 Å². The van der Waals surface area contributed by atoms with Crippen LogP contribution >= 0.6 is 0 Å². The maximum absolute atomic E-state index is 11.6. The summed E-state index contributed by atoms with van der Waals surface area (Å²) in [5, 5.41) is 12.2. The quantitative estimate of drug-likeness (QED) is 0.634. The predicted molar refractivity (Wildman–Crippen MR) is 67.4 cm³/mol. The van der Waals surface area contributed by atoms with Crippen molar-refractivity contribution in [2.45, 2.75) is 6.92 Å². The Hall–Kier alpha value is -2.24. The Morgan fingerprint density at radius 2 is 1.94 bits per heavy atom. The van der Waals surface area contributed by atoms with Gasteiger partial charge in [-0.25, -0.2) is 4.79 Å². The fraction of sp³-hybridized carbons (Fsp3) is 0.333. The van der Waals surface area contributed by atoms with E-state index in [0.29, 0.717) is 5.69 Å². The number of phenolic OH excluding ortho intramolecular Hbond substituents is 1. The molecule has 0 aliphatic rings. The number of ketones is 1. The Balaban J connectivity index is 3.20. The highest BCUT2D eigenvalue weighted by atomic mass is 16.5. The van der Waals surface area contributed by atoms with Crippen LogP contribution in [-0.4, -0.2) is 43.0 Å². The van der Waals surface area contributed by atoms with Crippen molar-refractivity contribution in [3.63, 3.8) is 0 Å². The number of Topliss-reactive ketones (excluding diaryl/α,β-unsaturated/α-hetero) is 1. The number of anilines is 1. The number of phenols is 1. The Kier molecular flexibility index (Phi) is 4.14. The lowest BCUT2D eigenvalue weighted by Crippen LogP contribution is -2.27. The van der Waals surface area contributed by atoms with Gasteiger partial charge in [-0.2, -0.15) is 0 Å². The van der Waals surface area contributed by atoms with Gasteiger partial charge in [0.05, 0.1) is 18.4 Å².